The molecular formula is C14H30NO+. The number of quaternary nitrogens is 1. The summed E-state index contributed by atoms with van der Waals surface area (Å²) in [6.45, 7) is 18.5. The third-order valence-electron chi connectivity index (χ3n) is 3.33. The van der Waals surface area contributed by atoms with Crippen molar-refractivity contribution in [3.63, 3.8) is 0 Å². The Labute approximate surface area is 102 Å². The third-order valence-corrected chi connectivity index (χ3v) is 3.33. The fourth-order valence-electron chi connectivity index (χ4n) is 2.24. The van der Waals surface area contributed by atoms with Crippen LogP contribution in [0.25, 0.3) is 0 Å². The van der Waals surface area contributed by atoms with E-state index < -0.39 is 0 Å². The van der Waals surface area contributed by atoms with Gasteiger partial charge < -0.3 is 9.22 Å². The maximum atomic E-state index is 5.63. The molecule has 0 N–H and O–H groups in total. The molecule has 0 heterocycles. The summed E-state index contributed by atoms with van der Waals surface area (Å²) >= 11 is 0. The predicted molar refractivity (Wildman–Crippen MR) is 71.4 cm³/mol. The van der Waals surface area contributed by atoms with Crippen LogP contribution >= 0.6 is 0 Å². The molecule has 0 aromatic carbocycles. The van der Waals surface area contributed by atoms with E-state index >= 15 is 0 Å². The SMILES string of the molecule is C=C(CC)OCC[N+](CC)(CCC)CCC. The third kappa shape index (κ3) is 5.55. The van der Waals surface area contributed by atoms with E-state index in [9.17, 15) is 0 Å². The highest BCUT2D eigenvalue weighted by molar-refractivity contribution is 4.79. The first-order chi connectivity index (χ1) is 7.64. The number of hydrogen-bond donors (Lipinski definition) is 0. The van der Waals surface area contributed by atoms with Crippen molar-refractivity contribution in [2.75, 3.05) is 32.8 Å². The Balaban J connectivity index is 4.13. The van der Waals surface area contributed by atoms with Crippen LogP contribution in [0, 0.1) is 0 Å². The Kier molecular flexibility index (Phi) is 8.36. The molecule has 0 fully saturated rings. The molecule has 2 nitrogen and oxygen atoms in total. The monoisotopic (exact) mass is 228 g/mol. The number of nitrogens with zero attached hydrogens (tertiary/aromatic N) is 1. The van der Waals surface area contributed by atoms with Crippen molar-refractivity contribution < 1.29 is 9.22 Å². The molecule has 0 bridgehead atoms. The number of likely N-dealkylation sites (N-methyl/N-ethyl adjacent to an activating group) is 1. The van der Waals surface area contributed by atoms with Gasteiger partial charge in [0, 0.05) is 6.42 Å². The molecule has 0 saturated carbocycles. The van der Waals surface area contributed by atoms with Gasteiger partial charge in [-0.15, -0.1) is 0 Å². The van der Waals surface area contributed by atoms with Crippen molar-refractivity contribution in [1.82, 2.24) is 0 Å². The zero-order chi connectivity index (χ0) is 12.4. The van der Waals surface area contributed by atoms with E-state index in [1.807, 2.05) is 0 Å². The highest BCUT2D eigenvalue weighted by Gasteiger charge is 2.22. The average Bonchev–Trinajstić information content (AvgIpc) is 2.29. The van der Waals surface area contributed by atoms with Gasteiger partial charge in [0.2, 0.25) is 0 Å². The second kappa shape index (κ2) is 8.63. The molecule has 0 spiro atoms. The highest BCUT2D eigenvalue weighted by atomic mass is 16.5. The number of rotatable bonds is 10. The van der Waals surface area contributed by atoms with Crippen LogP contribution in [0.5, 0.6) is 0 Å². The predicted octanol–water partition coefficient (Wildman–Crippen LogP) is 3.58. The first kappa shape index (κ1) is 15.5. The van der Waals surface area contributed by atoms with Gasteiger partial charge in [0.25, 0.3) is 0 Å². The Hall–Kier alpha value is -0.500. The maximum Gasteiger partial charge on any atom is 0.137 e. The Bertz CT molecular complexity index is 183. The molecular weight excluding hydrogens is 198 g/mol. The summed E-state index contributed by atoms with van der Waals surface area (Å²) in [4.78, 5) is 0. The summed E-state index contributed by atoms with van der Waals surface area (Å²) in [6.07, 6.45) is 3.43. The molecule has 0 rings (SSSR count). The lowest BCUT2D eigenvalue weighted by molar-refractivity contribution is -0.926. The topological polar surface area (TPSA) is 9.23 Å². The smallest absolute Gasteiger partial charge is 0.137 e. The van der Waals surface area contributed by atoms with Crippen LogP contribution in [0.1, 0.15) is 47.0 Å². The van der Waals surface area contributed by atoms with Crippen molar-refractivity contribution in [1.29, 1.82) is 0 Å². The second-order valence-electron chi connectivity index (χ2n) is 4.57. The summed E-state index contributed by atoms with van der Waals surface area (Å²) in [5, 5.41) is 0. The standard InChI is InChI=1S/C14H30NO/c1-6-10-15(9-4,11-7-2)12-13-16-14(5)8-3/h5-13H2,1-4H3/q+1. The Morgan fingerprint density at radius 1 is 1.00 bits per heavy atom. The van der Waals surface area contributed by atoms with Gasteiger partial charge in [0.05, 0.1) is 25.4 Å². The quantitative estimate of drug-likeness (QED) is 0.410. The van der Waals surface area contributed by atoms with Crippen molar-refractivity contribution in [3.05, 3.63) is 12.3 Å². The molecule has 0 aromatic heterocycles. The molecule has 0 aromatic rings. The molecule has 0 atom stereocenters. The molecule has 2 heteroatoms. The Morgan fingerprint density at radius 2 is 1.56 bits per heavy atom. The van der Waals surface area contributed by atoms with E-state index in [-0.39, 0.29) is 0 Å². The van der Waals surface area contributed by atoms with Gasteiger partial charge >= 0.3 is 0 Å². The number of ether oxygens (including phenoxy) is 1. The van der Waals surface area contributed by atoms with Crippen molar-refractivity contribution in [2.24, 2.45) is 0 Å². The fourth-order valence-corrected chi connectivity index (χ4v) is 2.24. The second-order valence-corrected chi connectivity index (χ2v) is 4.57. The van der Waals surface area contributed by atoms with Gasteiger partial charge in [-0.1, -0.05) is 27.4 Å². The maximum absolute atomic E-state index is 5.63. The van der Waals surface area contributed by atoms with E-state index in [0.717, 1.165) is 25.3 Å². The number of allylic oxidation sites excluding steroid dienone is 1. The molecule has 0 aliphatic carbocycles. The zero-order valence-corrected chi connectivity index (χ0v) is 11.7. The Morgan fingerprint density at radius 3 is 1.94 bits per heavy atom. The van der Waals surface area contributed by atoms with Crippen molar-refractivity contribution >= 4 is 0 Å². The average molecular weight is 228 g/mol. The first-order valence-electron chi connectivity index (χ1n) is 6.79. The van der Waals surface area contributed by atoms with Crippen LogP contribution in [0.15, 0.2) is 12.3 Å². The molecule has 0 aliphatic heterocycles. The normalized spacial score (nSPS) is 11.5. The largest absolute Gasteiger partial charge is 0.493 e. The minimum Gasteiger partial charge on any atom is -0.493 e. The van der Waals surface area contributed by atoms with Gasteiger partial charge in [-0.25, -0.2) is 0 Å². The van der Waals surface area contributed by atoms with Crippen molar-refractivity contribution in [3.8, 4) is 0 Å². The summed E-state index contributed by atoms with van der Waals surface area (Å²) in [7, 11) is 0. The van der Waals surface area contributed by atoms with Gasteiger partial charge in [-0.3, -0.25) is 0 Å². The van der Waals surface area contributed by atoms with E-state index in [1.165, 1.54) is 37.0 Å². The fraction of sp³-hybridized carbons (Fsp3) is 0.857. The van der Waals surface area contributed by atoms with Crippen LogP contribution in [0.4, 0.5) is 0 Å². The van der Waals surface area contributed by atoms with Gasteiger partial charge in [0.1, 0.15) is 13.2 Å². The lowest BCUT2D eigenvalue weighted by Gasteiger charge is -2.37. The van der Waals surface area contributed by atoms with Crippen LogP contribution in [0.3, 0.4) is 0 Å². The van der Waals surface area contributed by atoms with E-state index in [2.05, 4.69) is 34.3 Å². The number of hydrogen-bond acceptors (Lipinski definition) is 1. The summed E-state index contributed by atoms with van der Waals surface area (Å²) in [5.74, 6) is 0.919. The van der Waals surface area contributed by atoms with Crippen LogP contribution in [-0.2, 0) is 4.74 Å². The molecule has 96 valence electrons. The molecule has 16 heavy (non-hydrogen) atoms. The van der Waals surface area contributed by atoms with Crippen LogP contribution in [-0.4, -0.2) is 37.3 Å². The summed E-state index contributed by atoms with van der Waals surface area (Å²) in [5.41, 5.74) is 0. The lowest BCUT2D eigenvalue weighted by Crippen LogP contribution is -2.50. The van der Waals surface area contributed by atoms with E-state index in [0.29, 0.717) is 0 Å². The first-order valence-corrected chi connectivity index (χ1v) is 6.79. The van der Waals surface area contributed by atoms with E-state index in [1.54, 1.807) is 0 Å². The molecule has 0 aliphatic rings. The molecule has 0 unspecified atom stereocenters. The minimum atomic E-state index is 0.820. The van der Waals surface area contributed by atoms with E-state index in [4.69, 9.17) is 4.74 Å². The van der Waals surface area contributed by atoms with Gasteiger partial charge in [0.15, 0.2) is 0 Å². The molecule has 0 amide bonds. The minimum absolute atomic E-state index is 0.820. The van der Waals surface area contributed by atoms with Gasteiger partial charge in [-0.05, 0) is 19.8 Å². The zero-order valence-electron chi connectivity index (χ0n) is 11.7. The summed E-state index contributed by atoms with van der Waals surface area (Å²) in [6, 6.07) is 0. The molecule has 0 radical (unpaired) electrons. The van der Waals surface area contributed by atoms with Crippen LogP contribution < -0.4 is 0 Å². The van der Waals surface area contributed by atoms with Crippen molar-refractivity contribution in [2.45, 2.75) is 47.0 Å². The molecule has 0 saturated heterocycles. The lowest BCUT2D eigenvalue weighted by atomic mass is 10.2. The highest BCUT2D eigenvalue weighted by Crippen LogP contribution is 2.10. The van der Waals surface area contributed by atoms with Crippen LogP contribution in [0.2, 0.25) is 0 Å². The summed E-state index contributed by atoms with van der Waals surface area (Å²) < 4.78 is 6.83. The van der Waals surface area contributed by atoms with Gasteiger partial charge in [-0.2, -0.15) is 0 Å².